The number of hydrogen-bond acceptors (Lipinski definition) is 3. The van der Waals surface area contributed by atoms with E-state index in [1.807, 2.05) is 6.20 Å². The molecule has 2 heterocycles. The van der Waals surface area contributed by atoms with Crippen LogP contribution in [-0.4, -0.2) is 22.6 Å². The molecule has 0 aromatic carbocycles. The first-order chi connectivity index (χ1) is 6.81. The van der Waals surface area contributed by atoms with Gasteiger partial charge in [-0.2, -0.15) is 0 Å². The predicted octanol–water partition coefficient (Wildman–Crippen LogP) is 2.62. The monoisotopic (exact) mass is 255 g/mol. The van der Waals surface area contributed by atoms with Gasteiger partial charge < -0.3 is 4.90 Å². The molecule has 76 valence electrons. The van der Waals surface area contributed by atoms with E-state index in [9.17, 15) is 0 Å². The first-order valence-electron chi connectivity index (χ1n) is 5.05. The molecule has 0 saturated carbocycles. The second-order valence-corrected chi connectivity index (χ2v) is 4.41. The van der Waals surface area contributed by atoms with E-state index < -0.39 is 0 Å². The minimum Gasteiger partial charge on any atom is -0.352 e. The summed E-state index contributed by atoms with van der Waals surface area (Å²) >= 11 is 3.29. The maximum Gasteiger partial charge on any atom is 0.147 e. The molecule has 1 aromatic heterocycles. The van der Waals surface area contributed by atoms with Gasteiger partial charge in [-0.05, 0) is 35.2 Å². The van der Waals surface area contributed by atoms with Crippen molar-refractivity contribution in [1.82, 2.24) is 9.97 Å². The molecule has 1 aliphatic heterocycles. The van der Waals surface area contributed by atoms with Crippen molar-refractivity contribution in [3.05, 3.63) is 17.0 Å². The molecule has 0 amide bonds. The van der Waals surface area contributed by atoms with Crippen LogP contribution in [0, 0.1) is 0 Å². The fraction of sp³-hybridized carbons (Fsp3) is 0.600. The number of rotatable bonds is 2. The van der Waals surface area contributed by atoms with Crippen LogP contribution in [-0.2, 0) is 0 Å². The summed E-state index contributed by atoms with van der Waals surface area (Å²) in [5.74, 6) is 1.01. The van der Waals surface area contributed by atoms with Gasteiger partial charge in [0.15, 0.2) is 0 Å². The average Bonchev–Trinajstić information content (AvgIpc) is 2.67. The molecule has 0 radical (unpaired) electrons. The van der Waals surface area contributed by atoms with Crippen LogP contribution >= 0.6 is 15.9 Å². The summed E-state index contributed by atoms with van der Waals surface area (Å²) in [6, 6.07) is 0.658. The van der Waals surface area contributed by atoms with Crippen molar-refractivity contribution in [1.29, 1.82) is 0 Å². The molecule has 1 aliphatic rings. The molecule has 1 fully saturated rings. The van der Waals surface area contributed by atoms with Crippen LogP contribution in [0.15, 0.2) is 17.0 Å². The zero-order chi connectivity index (χ0) is 9.97. The van der Waals surface area contributed by atoms with Crippen LogP contribution in [0.5, 0.6) is 0 Å². The summed E-state index contributed by atoms with van der Waals surface area (Å²) in [5, 5.41) is 0. The molecule has 1 atom stereocenters. The minimum atomic E-state index is 0.658. The third-order valence-corrected chi connectivity index (χ3v) is 3.16. The fourth-order valence-corrected chi connectivity index (χ4v) is 2.22. The SMILES string of the molecule is CCC1CCCN1c1cnc(Br)cn1. The third-order valence-electron chi connectivity index (χ3n) is 2.75. The van der Waals surface area contributed by atoms with Gasteiger partial charge in [0.05, 0.1) is 12.4 Å². The van der Waals surface area contributed by atoms with Crippen molar-refractivity contribution in [2.24, 2.45) is 0 Å². The van der Waals surface area contributed by atoms with Gasteiger partial charge in [-0.25, -0.2) is 9.97 Å². The lowest BCUT2D eigenvalue weighted by Crippen LogP contribution is -2.29. The van der Waals surface area contributed by atoms with Gasteiger partial charge in [-0.15, -0.1) is 0 Å². The van der Waals surface area contributed by atoms with E-state index >= 15 is 0 Å². The molecule has 1 aromatic rings. The fourth-order valence-electron chi connectivity index (χ4n) is 2.02. The highest BCUT2D eigenvalue weighted by Crippen LogP contribution is 2.25. The highest BCUT2D eigenvalue weighted by molar-refractivity contribution is 9.10. The van der Waals surface area contributed by atoms with Gasteiger partial charge in [0.25, 0.3) is 0 Å². The molecule has 4 heteroatoms. The zero-order valence-corrected chi connectivity index (χ0v) is 9.87. The average molecular weight is 256 g/mol. The lowest BCUT2D eigenvalue weighted by Gasteiger charge is -2.24. The Morgan fingerprint density at radius 3 is 3.00 bits per heavy atom. The summed E-state index contributed by atoms with van der Waals surface area (Å²) in [5.41, 5.74) is 0. The smallest absolute Gasteiger partial charge is 0.147 e. The Morgan fingerprint density at radius 2 is 2.36 bits per heavy atom. The van der Waals surface area contributed by atoms with Crippen molar-refractivity contribution in [2.45, 2.75) is 32.2 Å². The van der Waals surface area contributed by atoms with Gasteiger partial charge in [0.1, 0.15) is 10.4 Å². The first-order valence-corrected chi connectivity index (χ1v) is 5.84. The van der Waals surface area contributed by atoms with Gasteiger partial charge in [-0.3, -0.25) is 0 Å². The van der Waals surface area contributed by atoms with Crippen LogP contribution in [0.2, 0.25) is 0 Å². The van der Waals surface area contributed by atoms with E-state index in [-0.39, 0.29) is 0 Å². The van der Waals surface area contributed by atoms with E-state index in [1.54, 1.807) is 6.20 Å². The Kier molecular flexibility index (Phi) is 3.01. The Balaban J connectivity index is 2.17. The number of hydrogen-bond donors (Lipinski definition) is 0. The number of anilines is 1. The second kappa shape index (κ2) is 4.26. The Hall–Kier alpha value is -0.640. The van der Waals surface area contributed by atoms with Gasteiger partial charge in [-0.1, -0.05) is 6.92 Å². The van der Waals surface area contributed by atoms with Crippen molar-refractivity contribution in [2.75, 3.05) is 11.4 Å². The highest BCUT2D eigenvalue weighted by Gasteiger charge is 2.23. The molecule has 0 aliphatic carbocycles. The van der Waals surface area contributed by atoms with Gasteiger partial charge in [0.2, 0.25) is 0 Å². The molecule has 0 spiro atoms. The standard InChI is InChI=1S/C10H14BrN3/c1-2-8-4-3-5-14(8)10-7-12-9(11)6-13-10/h6-8H,2-5H2,1H3. The van der Waals surface area contributed by atoms with Gasteiger partial charge in [0, 0.05) is 12.6 Å². The van der Waals surface area contributed by atoms with E-state index in [4.69, 9.17) is 0 Å². The van der Waals surface area contributed by atoms with Crippen molar-refractivity contribution >= 4 is 21.7 Å². The lowest BCUT2D eigenvalue weighted by atomic mass is 10.2. The van der Waals surface area contributed by atoms with Crippen LogP contribution < -0.4 is 4.90 Å². The van der Waals surface area contributed by atoms with E-state index in [1.165, 1.54) is 19.3 Å². The first kappa shape index (κ1) is 9.90. The summed E-state index contributed by atoms with van der Waals surface area (Å²) in [7, 11) is 0. The summed E-state index contributed by atoms with van der Waals surface area (Å²) < 4.78 is 0.800. The van der Waals surface area contributed by atoms with Crippen molar-refractivity contribution in [3.63, 3.8) is 0 Å². The zero-order valence-electron chi connectivity index (χ0n) is 8.28. The molecule has 2 rings (SSSR count). The van der Waals surface area contributed by atoms with Crippen LogP contribution in [0.25, 0.3) is 0 Å². The molecule has 0 N–H and O–H groups in total. The largest absolute Gasteiger partial charge is 0.352 e. The van der Waals surface area contributed by atoms with Crippen LogP contribution in [0.4, 0.5) is 5.82 Å². The molecule has 1 unspecified atom stereocenters. The maximum atomic E-state index is 4.38. The van der Waals surface area contributed by atoms with E-state index in [0.717, 1.165) is 17.0 Å². The Morgan fingerprint density at radius 1 is 1.50 bits per heavy atom. The normalized spacial score (nSPS) is 21.6. The molecule has 0 bridgehead atoms. The summed E-state index contributed by atoms with van der Waals surface area (Å²) in [6.45, 7) is 3.35. The predicted molar refractivity (Wildman–Crippen MR) is 60.4 cm³/mol. The molecule has 1 saturated heterocycles. The molecular weight excluding hydrogens is 242 g/mol. The molecule has 3 nitrogen and oxygen atoms in total. The number of aromatic nitrogens is 2. The van der Waals surface area contributed by atoms with Crippen molar-refractivity contribution in [3.8, 4) is 0 Å². The van der Waals surface area contributed by atoms with Gasteiger partial charge >= 0.3 is 0 Å². The number of nitrogens with zero attached hydrogens (tertiary/aromatic N) is 3. The van der Waals surface area contributed by atoms with Crippen molar-refractivity contribution < 1.29 is 0 Å². The second-order valence-electron chi connectivity index (χ2n) is 3.60. The lowest BCUT2D eigenvalue weighted by molar-refractivity contribution is 0.639. The summed E-state index contributed by atoms with van der Waals surface area (Å²) in [4.78, 5) is 10.9. The van der Waals surface area contributed by atoms with Crippen LogP contribution in [0.3, 0.4) is 0 Å². The number of halogens is 1. The molecule has 14 heavy (non-hydrogen) atoms. The summed E-state index contributed by atoms with van der Waals surface area (Å²) in [6.07, 6.45) is 7.36. The van der Waals surface area contributed by atoms with Crippen LogP contribution in [0.1, 0.15) is 26.2 Å². The topological polar surface area (TPSA) is 29.0 Å². The quantitative estimate of drug-likeness (QED) is 0.814. The Labute approximate surface area is 92.7 Å². The van der Waals surface area contributed by atoms with E-state index in [0.29, 0.717) is 6.04 Å². The molecular formula is C10H14BrN3. The third kappa shape index (κ3) is 1.90. The maximum absolute atomic E-state index is 4.38. The Bertz CT molecular complexity index is 299. The highest BCUT2D eigenvalue weighted by atomic mass is 79.9. The van der Waals surface area contributed by atoms with E-state index in [2.05, 4.69) is 37.7 Å². The minimum absolute atomic E-state index is 0.658.